The molecule has 1 heterocycles. The Kier molecular flexibility index (Phi) is 10.0. The zero-order valence-corrected chi connectivity index (χ0v) is 21.8. The van der Waals surface area contributed by atoms with Gasteiger partial charge in [-0.2, -0.15) is 0 Å². The molecule has 1 atom stereocenters. The second-order valence-corrected chi connectivity index (χ2v) is 9.15. The molecule has 2 N–H and O–H groups in total. The molecule has 1 aliphatic rings. The fourth-order valence-electron chi connectivity index (χ4n) is 3.52. The van der Waals surface area contributed by atoms with Crippen LogP contribution in [0.5, 0.6) is 5.75 Å². The van der Waals surface area contributed by atoms with E-state index in [1.54, 1.807) is 23.1 Å². The molecule has 1 unspecified atom stereocenters. The zero-order valence-electron chi connectivity index (χ0n) is 19.4. The van der Waals surface area contributed by atoms with Crippen molar-refractivity contribution in [3.8, 4) is 5.75 Å². The van der Waals surface area contributed by atoms with Crippen molar-refractivity contribution in [1.82, 2.24) is 15.5 Å². The van der Waals surface area contributed by atoms with Crippen molar-refractivity contribution >= 4 is 51.0 Å². The van der Waals surface area contributed by atoms with Crippen LogP contribution < -0.4 is 15.4 Å². The highest BCUT2D eigenvalue weighted by Crippen LogP contribution is 2.26. The number of nitrogens with zero attached hydrogens (tertiary/aromatic N) is 1. The third kappa shape index (κ3) is 7.76. The molecular weight excluding hydrogens is 534 g/mol. The highest BCUT2D eigenvalue weighted by molar-refractivity contribution is 9.10. The largest absolute Gasteiger partial charge is 0.492 e. The summed E-state index contributed by atoms with van der Waals surface area (Å²) in [5.74, 6) is -0.626. The van der Waals surface area contributed by atoms with Crippen LogP contribution >= 0.6 is 28.1 Å². The van der Waals surface area contributed by atoms with Crippen LogP contribution in [0.3, 0.4) is 0 Å². The molecule has 1 saturated heterocycles. The van der Waals surface area contributed by atoms with Crippen molar-refractivity contribution in [2.45, 2.75) is 32.2 Å². The van der Waals surface area contributed by atoms with Crippen molar-refractivity contribution in [3.63, 3.8) is 0 Å². The van der Waals surface area contributed by atoms with Gasteiger partial charge in [0, 0.05) is 25.1 Å². The third-order valence-corrected chi connectivity index (χ3v) is 6.28. The van der Waals surface area contributed by atoms with Gasteiger partial charge in [-0.1, -0.05) is 37.3 Å². The van der Waals surface area contributed by atoms with Crippen molar-refractivity contribution in [1.29, 1.82) is 0 Å². The van der Waals surface area contributed by atoms with Gasteiger partial charge in [-0.15, -0.1) is 0 Å². The van der Waals surface area contributed by atoms with E-state index in [9.17, 15) is 14.4 Å². The minimum Gasteiger partial charge on any atom is -0.492 e. The fourth-order valence-corrected chi connectivity index (χ4v) is 4.32. The summed E-state index contributed by atoms with van der Waals surface area (Å²) in [6.45, 7) is 3.51. The number of carbonyl (C=O) groups is 3. The van der Waals surface area contributed by atoms with Gasteiger partial charge in [0.25, 0.3) is 5.91 Å². The molecule has 0 aliphatic carbocycles. The molecule has 3 rings (SSSR count). The smallest absolute Gasteiger partial charge is 0.308 e. The third-order valence-electron chi connectivity index (χ3n) is 5.32. The number of rotatable bonds is 9. The predicted octanol–water partition coefficient (Wildman–Crippen LogP) is 3.23. The Morgan fingerprint density at radius 2 is 1.97 bits per heavy atom. The summed E-state index contributed by atoms with van der Waals surface area (Å²) in [5.41, 5.74) is 1.43. The molecule has 0 radical (unpaired) electrons. The van der Waals surface area contributed by atoms with Gasteiger partial charge in [-0.05, 0) is 58.3 Å². The molecule has 0 bridgehead atoms. The lowest BCUT2D eigenvalue weighted by atomic mass is 10.1. The summed E-state index contributed by atoms with van der Waals surface area (Å²) in [6, 6.07) is 13.8. The van der Waals surface area contributed by atoms with Crippen molar-refractivity contribution in [3.05, 3.63) is 64.1 Å². The molecule has 2 aromatic rings. The molecule has 35 heavy (non-hydrogen) atoms. The Labute approximate surface area is 218 Å². The normalized spacial score (nSPS) is 15.2. The summed E-state index contributed by atoms with van der Waals surface area (Å²) in [6.07, 6.45) is 1.28. The molecular formula is C25H28BrN3O5S. The molecule has 2 aromatic carbocycles. The number of piperazine rings is 1. The van der Waals surface area contributed by atoms with Gasteiger partial charge in [0.1, 0.15) is 11.8 Å². The lowest BCUT2D eigenvalue weighted by Crippen LogP contribution is -2.60. The molecule has 8 nitrogen and oxygen atoms in total. The van der Waals surface area contributed by atoms with Crippen LogP contribution in [-0.2, 0) is 20.7 Å². The van der Waals surface area contributed by atoms with Crippen LogP contribution in [0, 0.1) is 0 Å². The number of thiocarbonyl (C=S) groups is 1. The van der Waals surface area contributed by atoms with Gasteiger partial charge >= 0.3 is 5.97 Å². The monoisotopic (exact) mass is 561 g/mol. The van der Waals surface area contributed by atoms with E-state index in [1.165, 1.54) is 0 Å². The summed E-state index contributed by atoms with van der Waals surface area (Å²) in [7, 11) is 0. The van der Waals surface area contributed by atoms with Crippen LogP contribution in [0.1, 0.15) is 35.7 Å². The maximum Gasteiger partial charge on any atom is 0.308 e. The first-order valence-electron chi connectivity index (χ1n) is 11.4. The minimum atomic E-state index is -0.864. The summed E-state index contributed by atoms with van der Waals surface area (Å²) < 4.78 is 11.6. The lowest BCUT2D eigenvalue weighted by Gasteiger charge is -2.36. The highest BCUT2D eigenvalue weighted by atomic mass is 79.9. The van der Waals surface area contributed by atoms with Gasteiger partial charge in [-0.3, -0.25) is 19.7 Å². The first-order valence-corrected chi connectivity index (χ1v) is 12.6. The van der Waals surface area contributed by atoms with Crippen molar-refractivity contribution in [2.24, 2.45) is 0 Å². The van der Waals surface area contributed by atoms with E-state index in [-0.39, 0.29) is 24.0 Å². The van der Waals surface area contributed by atoms with Crippen LogP contribution in [0.4, 0.5) is 0 Å². The first kappa shape index (κ1) is 26.6. The topological polar surface area (TPSA) is 97.0 Å². The van der Waals surface area contributed by atoms with E-state index in [2.05, 4.69) is 26.6 Å². The standard InChI is InChI=1S/C25H28BrN3O5S/c1-2-13-33-21-9-8-18(15-19(21)26)23(31)28-25(35)29-12-11-27-24(32)20(29)16-22(30)34-14-10-17-6-4-3-5-7-17/h3-9,15,20H,2,10-14,16H2,1H3,(H,27,32)(H,28,31,35). The van der Waals surface area contributed by atoms with Gasteiger partial charge in [0.05, 0.1) is 24.1 Å². The van der Waals surface area contributed by atoms with E-state index in [4.69, 9.17) is 21.7 Å². The van der Waals surface area contributed by atoms with Gasteiger partial charge in [0.2, 0.25) is 5.91 Å². The van der Waals surface area contributed by atoms with E-state index in [0.717, 1.165) is 12.0 Å². The Morgan fingerprint density at radius 3 is 2.69 bits per heavy atom. The van der Waals surface area contributed by atoms with Crippen molar-refractivity contribution in [2.75, 3.05) is 26.3 Å². The molecule has 1 fully saturated rings. The molecule has 0 aromatic heterocycles. The minimum absolute atomic E-state index is 0.0781. The Balaban J connectivity index is 1.57. The fraction of sp³-hybridized carbons (Fsp3) is 0.360. The number of nitrogens with one attached hydrogen (secondary N) is 2. The Hall–Kier alpha value is -2.98. The van der Waals surface area contributed by atoms with Crippen LogP contribution in [0.2, 0.25) is 0 Å². The predicted molar refractivity (Wildman–Crippen MR) is 139 cm³/mol. The molecule has 186 valence electrons. The van der Waals surface area contributed by atoms with E-state index >= 15 is 0 Å². The summed E-state index contributed by atoms with van der Waals surface area (Å²) in [4.78, 5) is 39.3. The first-order chi connectivity index (χ1) is 16.9. The van der Waals surface area contributed by atoms with Gasteiger partial charge in [0.15, 0.2) is 5.11 Å². The average molecular weight is 562 g/mol. The van der Waals surface area contributed by atoms with Crippen LogP contribution in [0.25, 0.3) is 0 Å². The maximum atomic E-state index is 12.8. The number of esters is 1. The quantitative estimate of drug-likeness (QED) is 0.358. The van der Waals surface area contributed by atoms with E-state index < -0.39 is 17.9 Å². The maximum absolute atomic E-state index is 12.8. The summed E-state index contributed by atoms with van der Waals surface area (Å²) >= 11 is 8.84. The summed E-state index contributed by atoms with van der Waals surface area (Å²) in [5, 5.41) is 5.49. The number of hydrogen-bond donors (Lipinski definition) is 2. The Bertz CT molecular complexity index is 1070. The van der Waals surface area contributed by atoms with Crippen molar-refractivity contribution < 1.29 is 23.9 Å². The number of amides is 2. The Morgan fingerprint density at radius 1 is 1.20 bits per heavy atom. The highest BCUT2D eigenvalue weighted by Gasteiger charge is 2.34. The average Bonchev–Trinajstić information content (AvgIpc) is 2.85. The number of halogens is 1. The van der Waals surface area contributed by atoms with Gasteiger partial charge < -0.3 is 19.7 Å². The number of carbonyl (C=O) groups excluding carboxylic acids is 3. The molecule has 0 saturated carbocycles. The van der Waals surface area contributed by atoms with Gasteiger partial charge in [-0.25, -0.2) is 0 Å². The SMILES string of the molecule is CCCOc1ccc(C(=O)NC(=S)N2CCNC(=O)C2CC(=O)OCCc2ccccc2)cc1Br. The second kappa shape index (κ2) is 13.2. The molecule has 10 heteroatoms. The number of benzene rings is 2. The van der Waals surface area contributed by atoms with Crippen LogP contribution in [0.15, 0.2) is 53.0 Å². The van der Waals surface area contributed by atoms with Crippen LogP contribution in [-0.4, -0.2) is 60.1 Å². The number of ether oxygens (including phenoxy) is 2. The van der Waals surface area contributed by atoms with E-state index in [0.29, 0.717) is 41.9 Å². The second-order valence-electron chi connectivity index (χ2n) is 7.91. The molecule has 2 amide bonds. The van der Waals surface area contributed by atoms with E-state index in [1.807, 2.05) is 37.3 Å². The lowest BCUT2D eigenvalue weighted by molar-refractivity contribution is -0.147. The number of hydrogen-bond acceptors (Lipinski definition) is 6. The zero-order chi connectivity index (χ0) is 25.2. The molecule has 0 spiro atoms. The molecule has 1 aliphatic heterocycles.